The summed E-state index contributed by atoms with van der Waals surface area (Å²) in [6.07, 6.45) is 1.36. The molecule has 0 radical (unpaired) electrons. The lowest BCUT2D eigenvalue weighted by Gasteiger charge is -2.26. The van der Waals surface area contributed by atoms with E-state index in [2.05, 4.69) is 5.32 Å². The number of imidazole rings is 1. The molecule has 1 atom stereocenters. The first-order valence-corrected chi connectivity index (χ1v) is 15.9. The first kappa shape index (κ1) is 28.6. The Balaban J connectivity index is 1.28. The highest BCUT2D eigenvalue weighted by Crippen LogP contribution is 2.48. The van der Waals surface area contributed by atoms with Crippen molar-refractivity contribution in [2.75, 3.05) is 18.1 Å². The number of nitrogens with zero attached hydrogens (tertiary/aromatic N) is 3. The molecule has 222 valence electrons. The number of carboxylic acid groups (broad SMARTS) is 1. The topological polar surface area (TPSA) is 131 Å². The first-order valence-electron chi connectivity index (χ1n) is 14.1. The fraction of sp³-hybridized carbons (Fsp3) is 0.281. The average molecular weight is 601 g/mol. The number of ether oxygens (including phenoxy) is 1. The third-order valence-corrected chi connectivity index (χ3v) is 9.52. The van der Waals surface area contributed by atoms with Crippen molar-refractivity contribution in [3.8, 4) is 22.4 Å². The van der Waals surface area contributed by atoms with Crippen LogP contribution < -0.4 is 5.32 Å². The molecular formula is C32H32N4O6S. The van der Waals surface area contributed by atoms with Gasteiger partial charge in [0, 0.05) is 18.7 Å². The lowest BCUT2D eigenvalue weighted by Crippen LogP contribution is -2.38. The molecule has 1 amide bonds. The molecule has 1 fully saturated rings. The van der Waals surface area contributed by atoms with Crippen LogP contribution >= 0.6 is 0 Å². The van der Waals surface area contributed by atoms with E-state index >= 15 is 0 Å². The lowest BCUT2D eigenvalue weighted by atomic mass is 9.93. The van der Waals surface area contributed by atoms with E-state index < -0.39 is 33.6 Å². The Hall–Kier alpha value is -4.48. The number of carboxylic acids is 1. The van der Waals surface area contributed by atoms with E-state index in [1.165, 1.54) is 10.6 Å². The fourth-order valence-corrected chi connectivity index (χ4v) is 6.32. The van der Waals surface area contributed by atoms with Crippen molar-refractivity contribution in [3.63, 3.8) is 0 Å². The van der Waals surface area contributed by atoms with Crippen LogP contribution in [0.5, 0.6) is 0 Å². The average Bonchev–Trinajstić information content (AvgIpc) is 3.75. The number of hydrogen-bond donors (Lipinski definition) is 2. The number of anilines is 1. The Morgan fingerprint density at radius 1 is 0.930 bits per heavy atom. The van der Waals surface area contributed by atoms with Crippen molar-refractivity contribution in [1.29, 1.82) is 0 Å². The molecule has 2 N–H and O–H groups in total. The molecule has 1 aliphatic heterocycles. The van der Waals surface area contributed by atoms with Crippen molar-refractivity contribution in [2.24, 2.45) is 0 Å². The predicted octanol–water partition coefficient (Wildman–Crippen LogP) is 5.42. The van der Waals surface area contributed by atoms with Gasteiger partial charge in [0.15, 0.2) is 0 Å². The van der Waals surface area contributed by atoms with E-state index in [9.17, 15) is 23.1 Å². The highest BCUT2D eigenvalue weighted by atomic mass is 32.2. The first-order chi connectivity index (χ1) is 20.5. The maximum Gasteiger partial charge on any atom is 0.413 e. The summed E-state index contributed by atoms with van der Waals surface area (Å²) in [6.45, 7) is 2.46. The van der Waals surface area contributed by atoms with Gasteiger partial charge in [-0.1, -0.05) is 78.9 Å². The fourth-order valence-electron chi connectivity index (χ4n) is 5.55. The molecule has 43 heavy (non-hydrogen) atoms. The van der Waals surface area contributed by atoms with Crippen LogP contribution in [0.25, 0.3) is 22.4 Å². The normalized spacial score (nSPS) is 16.6. The molecule has 2 aliphatic rings. The number of aliphatic carboxylic acids is 1. The number of benzene rings is 3. The van der Waals surface area contributed by atoms with Crippen LogP contribution in [0.3, 0.4) is 0 Å². The van der Waals surface area contributed by atoms with Gasteiger partial charge in [0.1, 0.15) is 23.4 Å². The number of fused-ring (bicyclic) bond motifs is 1. The van der Waals surface area contributed by atoms with Crippen molar-refractivity contribution in [1.82, 2.24) is 13.9 Å². The minimum atomic E-state index is -3.42. The molecular weight excluding hydrogens is 568 g/mol. The maximum absolute atomic E-state index is 13.1. The number of carbonyl (C=O) groups excluding carboxylic acids is 1. The SMILES string of the molecule is C[C@@H](OC(=O)Nc1c(-c2ccc(-c3ccc(C4(C(=O)O)CC4)cc3)cc2)nc2n1CCN(S(C)(=O)=O)C2)c1ccccc1. The summed E-state index contributed by atoms with van der Waals surface area (Å²) in [5.74, 6) is 0.175. The number of amides is 1. The van der Waals surface area contributed by atoms with Gasteiger partial charge in [-0.2, -0.15) is 4.31 Å². The van der Waals surface area contributed by atoms with Crippen molar-refractivity contribution in [3.05, 3.63) is 95.8 Å². The van der Waals surface area contributed by atoms with Crippen LogP contribution in [0.2, 0.25) is 0 Å². The highest BCUT2D eigenvalue weighted by Gasteiger charge is 2.51. The molecule has 11 heteroatoms. The van der Waals surface area contributed by atoms with E-state index in [-0.39, 0.29) is 13.1 Å². The summed E-state index contributed by atoms with van der Waals surface area (Å²) >= 11 is 0. The van der Waals surface area contributed by atoms with E-state index in [4.69, 9.17) is 9.72 Å². The number of hydrogen-bond acceptors (Lipinski definition) is 6. The zero-order chi connectivity index (χ0) is 30.4. The zero-order valence-electron chi connectivity index (χ0n) is 23.9. The molecule has 0 spiro atoms. The van der Waals surface area contributed by atoms with Gasteiger partial charge < -0.3 is 14.4 Å². The van der Waals surface area contributed by atoms with Gasteiger partial charge in [-0.15, -0.1) is 0 Å². The van der Waals surface area contributed by atoms with Gasteiger partial charge >= 0.3 is 12.1 Å². The summed E-state index contributed by atoms with van der Waals surface area (Å²) in [7, 11) is -3.42. The second kappa shape index (κ2) is 11.0. The molecule has 1 saturated carbocycles. The number of carbonyl (C=O) groups is 2. The van der Waals surface area contributed by atoms with Crippen LogP contribution in [0.4, 0.5) is 10.6 Å². The van der Waals surface area contributed by atoms with Crippen LogP contribution in [0.15, 0.2) is 78.9 Å². The summed E-state index contributed by atoms with van der Waals surface area (Å²) in [4.78, 5) is 29.5. The molecule has 0 saturated heterocycles. The van der Waals surface area contributed by atoms with Crippen LogP contribution in [-0.4, -0.2) is 52.2 Å². The Morgan fingerprint density at radius 2 is 1.53 bits per heavy atom. The van der Waals surface area contributed by atoms with Crippen LogP contribution in [0, 0.1) is 0 Å². The van der Waals surface area contributed by atoms with Crippen molar-refractivity contribution in [2.45, 2.75) is 44.4 Å². The van der Waals surface area contributed by atoms with Gasteiger partial charge in [-0.25, -0.2) is 18.2 Å². The molecule has 1 aliphatic carbocycles. The molecule has 6 rings (SSSR count). The van der Waals surface area contributed by atoms with Crippen LogP contribution in [-0.2, 0) is 38.1 Å². The number of sulfonamides is 1. The van der Waals surface area contributed by atoms with E-state index in [1.54, 1.807) is 6.92 Å². The Morgan fingerprint density at radius 3 is 2.12 bits per heavy atom. The third-order valence-electron chi connectivity index (χ3n) is 8.27. The Kier molecular flexibility index (Phi) is 7.31. The Bertz CT molecular complexity index is 1780. The number of aromatic nitrogens is 2. The molecule has 0 unspecified atom stereocenters. The summed E-state index contributed by atoms with van der Waals surface area (Å²) < 4.78 is 33.3. The molecule has 1 aromatic heterocycles. The van der Waals surface area contributed by atoms with Crippen molar-refractivity contribution < 1.29 is 27.9 Å². The van der Waals surface area contributed by atoms with E-state index in [0.717, 1.165) is 27.8 Å². The van der Waals surface area contributed by atoms with Gasteiger partial charge in [0.05, 0.1) is 18.2 Å². The van der Waals surface area contributed by atoms with Gasteiger partial charge in [0.25, 0.3) is 0 Å². The van der Waals surface area contributed by atoms with Crippen LogP contribution in [0.1, 0.15) is 42.8 Å². The molecule has 2 heterocycles. The van der Waals surface area contributed by atoms with Gasteiger partial charge in [-0.05, 0) is 42.0 Å². The van der Waals surface area contributed by atoms with E-state index in [1.807, 2.05) is 83.4 Å². The smallest absolute Gasteiger partial charge is 0.413 e. The number of nitrogens with one attached hydrogen (secondary N) is 1. The minimum Gasteiger partial charge on any atom is -0.481 e. The maximum atomic E-state index is 13.1. The second-order valence-corrected chi connectivity index (χ2v) is 13.1. The highest BCUT2D eigenvalue weighted by molar-refractivity contribution is 7.88. The lowest BCUT2D eigenvalue weighted by molar-refractivity contribution is -0.140. The molecule has 10 nitrogen and oxygen atoms in total. The third kappa shape index (κ3) is 5.65. The molecule has 0 bridgehead atoms. The quantitative estimate of drug-likeness (QED) is 0.276. The largest absolute Gasteiger partial charge is 0.481 e. The predicted molar refractivity (Wildman–Crippen MR) is 162 cm³/mol. The minimum absolute atomic E-state index is 0.0885. The van der Waals surface area contributed by atoms with Gasteiger partial charge in [0.2, 0.25) is 10.0 Å². The standard InChI is InChI=1S/C32H32N4O6S/c1-21(22-6-4-3-5-7-22)42-31(39)34-29-28(33-27-20-35(43(2,40)41)18-19-36(27)29)25-10-8-23(9-11-25)24-12-14-26(15-13-24)32(16-17-32)30(37)38/h3-15,21H,16-20H2,1-2H3,(H,34,39)(H,37,38)/t21-/m1/s1. The van der Waals surface area contributed by atoms with E-state index in [0.29, 0.717) is 36.7 Å². The molecule has 3 aromatic carbocycles. The summed E-state index contributed by atoms with van der Waals surface area (Å²) in [5, 5.41) is 12.5. The Labute approximate surface area is 250 Å². The second-order valence-electron chi connectivity index (χ2n) is 11.1. The summed E-state index contributed by atoms with van der Waals surface area (Å²) in [6, 6.07) is 24.7. The monoisotopic (exact) mass is 600 g/mol. The zero-order valence-corrected chi connectivity index (χ0v) is 24.7. The summed E-state index contributed by atoms with van der Waals surface area (Å²) in [5.41, 5.74) is 4.05. The van der Waals surface area contributed by atoms with Gasteiger partial charge in [-0.3, -0.25) is 10.1 Å². The number of rotatable bonds is 8. The van der Waals surface area contributed by atoms with Crippen molar-refractivity contribution >= 4 is 27.9 Å². The molecule has 4 aromatic rings.